The van der Waals surface area contributed by atoms with E-state index in [0.717, 1.165) is 18.2 Å². The molecule has 2 rings (SSSR count). The van der Waals surface area contributed by atoms with Gasteiger partial charge in [-0.05, 0) is 23.8 Å². The van der Waals surface area contributed by atoms with E-state index in [1.165, 1.54) is 12.1 Å². The molecule has 0 unspecified atom stereocenters. The third-order valence-electron chi connectivity index (χ3n) is 2.46. The molecule has 0 amide bonds. The predicted octanol–water partition coefficient (Wildman–Crippen LogP) is 4.11. The summed E-state index contributed by atoms with van der Waals surface area (Å²) in [7, 11) is 0. The molecule has 2 N–H and O–H groups in total. The van der Waals surface area contributed by atoms with Crippen LogP contribution in [0.2, 0.25) is 0 Å². The molecule has 2 nitrogen and oxygen atoms in total. The lowest BCUT2D eigenvalue weighted by molar-refractivity contribution is -0.274. The first-order valence-electron chi connectivity index (χ1n) is 5.37. The average molecular weight is 289 g/mol. The minimum atomic E-state index is -4.85. The highest BCUT2D eigenvalue weighted by Crippen LogP contribution is 2.31. The number of rotatable bonds is 2. The van der Waals surface area contributed by atoms with Gasteiger partial charge in [-0.25, -0.2) is 8.78 Å². The van der Waals surface area contributed by atoms with Crippen LogP contribution in [-0.4, -0.2) is 6.36 Å². The van der Waals surface area contributed by atoms with Gasteiger partial charge in [0.2, 0.25) is 0 Å². The Morgan fingerprint density at radius 2 is 1.65 bits per heavy atom. The van der Waals surface area contributed by atoms with E-state index < -0.39 is 23.7 Å². The van der Waals surface area contributed by atoms with E-state index in [4.69, 9.17) is 5.73 Å². The summed E-state index contributed by atoms with van der Waals surface area (Å²) < 4.78 is 66.7. The van der Waals surface area contributed by atoms with Crippen molar-refractivity contribution >= 4 is 5.69 Å². The summed E-state index contributed by atoms with van der Waals surface area (Å²) >= 11 is 0. The largest absolute Gasteiger partial charge is 0.573 e. The first-order valence-corrected chi connectivity index (χ1v) is 5.37. The molecule has 7 heteroatoms. The smallest absolute Gasteiger partial charge is 0.406 e. The molecule has 0 aromatic heterocycles. The van der Waals surface area contributed by atoms with E-state index in [9.17, 15) is 22.0 Å². The van der Waals surface area contributed by atoms with Crippen molar-refractivity contribution in [3.8, 4) is 16.9 Å². The summed E-state index contributed by atoms with van der Waals surface area (Å²) in [6.45, 7) is 0. The third-order valence-corrected chi connectivity index (χ3v) is 2.46. The zero-order chi connectivity index (χ0) is 14.9. The Kier molecular flexibility index (Phi) is 3.52. The first kappa shape index (κ1) is 14.1. The molecule has 0 radical (unpaired) electrons. The minimum Gasteiger partial charge on any atom is -0.406 e. The Morgan fingerprint density at radius 3 is 2.30 bits per heavy atom. The molecule has 0 aliphatic rings. The van der Waals surface area contributed by atoms with E-state index in [-0.39, 0.29) is 16.8 Å². The standard InChI is InChI=1S/C13H8F5NO/c14-10-6-11(15)12(19)5-9(10)7-2-1-3-8(4-7)20-13(16,17)18/h1-6H,19H2. The summed E-state index contributed by atoms with van der Waals surface area (Å²) in [5, 5.41) is 0. The fourth-order valence-corrected chi connectivity index (χ4v) is 1.65. The van der Waals surface area contributed by atoms with Crippen molar-refractivity contribution in [3.63, 3.8) is 0 Å². The van der Waals surface area contributed by atoms with Crippen molar-refractivity contribution < 1.29 is 26.7 Å². The van der Waals surface area contributed by atoms with Gasteiger partial charge in [-0.1, -0.05) is 12.1 Å². The number of benzene rings is 2. The molecule has 2 aromatic rings. The van der Waals surface area contributed by atoms with Gasteiger partial charge in [0.15, 0.2) is 0 Å². The van der Waals surface area contributed by atoms with Crippen LogP contribution in [0, 0.1) is 11.6 Å². The molecule has 2 aromatic carbocycles. The topological polar surface area (TPSA) is 35.2 Å². The Bertz CT molecular complexity index is 639. The van der Waals surface area contributed by atoms with Crippen molar-refractivity contribution in [2.45, 2.75) is 6.36 Å². The molecule has 0 aliphatic carbocycles. The second kappa shape index (κ2) is 4.99. The zero-order valence-corrected chi connectivity index (χ0v) is 9.84. The van der Waals surface area contributed by atoms with Crippen LogP contribution in [0.15, 0.2) is 36.4 Å². The maximum atomic E-state index is 13.6. The number of alkyl halides is 3. The SMILES string of the molecule is Nc1cc(-c2cccc(OC(F)(F)F)c2)c(F)cc1F. The van der Waals surface area contributed by atoms with Crippen molar-refractivity contribution in [1.29, 1.82) is 0 Å². The van der Waals surface area contributed by atoms with Gasteiger partial charge in [0.05, 0.1) is 5.69 Å². The highest BCUT2D eigenvalue weighted by Gasteiger charge is 2.31. The molecule has 106 valence electrons. The number of halogens is 5. The van der Waals surface area contributed by atoms with Crippen LogP contribution in [-0.2, 0) is 0 Å². The van der Waals surface area contributed by atoms with E-state index in [0.29, 0.717) is 6.07 Å². The summed E-state index contributed by atoms with van der Waals surface area (Å²) in [6, 6.07) is 6.26. The maximum absolute atomic E-state index is 13.6. The lowest BCUT2D eigenvalue weighted by Gasteiger charge is -2.11. The zero-order valence-electron chi connectivity index (χ0n) is 9.84. The predicted molar refractivity (Wildman–Crippen MR) is 62.9 cm³/mol. The maximum Gasteiger partial charge on any atom is 0.573 e. The van der Waals surface area contributed by atoms with Crippen LogP contribution in [0.5, 0.6) is 5.75 Å². The summed E-state index contributed by atoms with van der Waals surface area (Å²) in [6.07, 6.45) is -4.85. The average Bonchev–Trinajstić information content (AvgIpc) is 2.32. The monoisotopic (exact) mass is 289 g/mol. The molecule has 0 saturated carbocycles. The number of hydrogen-bond acceptors (Lipinski definition) is 2. The molecule has 0 spiro atoms. The quantitative estimate of drug-likeness (QED) is 0.667. The number of nitrogens with two attached hydrogens (primary N) is 1. The lowest BCUT2D eigenvalue weighted by atomic mass is 10.0. The lowest BCUT2D eigenvalue weighted by Crippen LogP contribution is -2.17. The minimum absolute atomic E-state index is 0.0935. The molecule has 0 heterocycles. The molecular formula is C13H8F5NO. The summed E-state index contributed by atoms with van der Waals surface area (Å²) in [5.74, 6) is -2.37. The van der Waals surface area contributed by atoms with Crippen LogP contribution >= 0.6 is 0 Å². The molecule has 0 saturated heterocycles. The first-order chi connectivity index (χ1) is 9.26. The van der Waals surface area contributed by atoms with Crippen molar-refractivity contribution in [1.82, 2.24) is 0 Å². The third kappa shape index (κ3) is 3.17. The molecule has 0 fully saturated rings. The van der Waals surface area contributed by atoms with Crippen molar-refractivity contribution in [2.75, 3.05) is 5.73 Å². The molecule has 20 heavy (non-hydrogen) atoms. The van der Waals surface area contributed by atoms with Crippen molar-refractivity contribution in [2.24, 2.45) is 0 Å². The molecule has 0 bridgehead atoms. The second-order valence-electron chi connectivity index (χ2n) is 3.93. The Morgan fingerprint density at radius 1 is 0.950 bits per heavy atom. The van der Waals surface area contributed by atoms with Crippen molar-refractivity contribution in [3.05, 3.63) is 48.0 Å². The van der Waals surface area contributed by atoms with Gasteiger partial charge in [0.1, 0.15) is 17.4 Å². The van der Waals surface area contributed by atoms with Gasteiger partial charge in [0.25, 0.3) is 0 Å². The molecular weight excluding hydrogens is 281 g/mol. The number of hydrogen-bond donors (Lipinski definition) is 1. The van der Waals surface area contributed by atoms with Crippen LogP contribution in [0.25, 0.3) is 11.1 Å². The normalized spacial score (nSPS) is 11.4. The van der Waals surface area contributed by atoms with E-state index in [1.807, 2.05) is 0 Å². The molecule has 0 atom stereocenters. The summed E-state index contributed by atoms with van der Waals surface area (Å²) in [5.41, 5.74) is 4.99. The number of anilines is 1. The Labute approximate surface area is 110 Å². The highest BCUT2D eigenvalue weighted by atomic mass is 19.4. The van der Waals surface area contributed by atoms with Gasteiger partial charge < -0.3 is 10.5 Å². The number of ether oxygens (including phenoxy) is 1. The van der Waals surface area contributed by atoms with Crippen LogP contribution in [0.1, 0.15) is 0 Å². The van der Waals surface area contributed by atoms with Gasteiger partial charge >= 0.3 is 6.36 Å². The summed E-state index contributed by atoms with van der Waals surface area (Å²) in [4.78, 5) is 0. The fraction of sp³-hybridized carbons (Fsp3) is 0.0769. The van der Waals surface area contributed by atoms with Crippen LogP contribution in [0.4, 0.5) is 27.6 Å². The van der Waals surface area contributed by atoms with Crippen LogP contribution < -0.4 is 10.5 Å². The van der Waals surface area contributed by atoms with E-state index >= 15 is 0 Å². The Hall–Kier alpha value is -2.31. The highest BCUT2D eigenvalue weighted by molar-refractivity contribution is 5.69. The number of nitrogen functional groups attached to an aromatic ring is 1. The van der Waals surface area contributed by atoms with E-state index in [1.54, 1.807) is 0 Å². The molecule has 0 aliphatic heterocycles. The van der Waals surface area contributed by atoms with Gasteiger partial charge in [-0.3, -0.25) is 0 Å². The van der Waals surface area contributed by atoms with Gasteiger partial charge in [-0.15, -0.1) is 13.2 Å². The Balaban J connectivity index is 2.44. The van der Waals surface area contributed by atoms with Gasteiger partial charge in [-0.2, -0.15) is 0 Å². The fourth-order valence-electron chi connectivity index (χ4n) is 1.65. The second-order valence-corrected chi connectivity index (χ2v) is 3.93. The van der Waals surface area contributed by atoms with Crippen LogP contribution in [0.3, 0.4) is 0 Å². The van der Waals surface area contributed by atoms with Gasteiger partial charge in [0, 0.05) is 11.6 Å². The van der Waals surface area contributed by atoms with E-state index in [2.05, 4.69) is 4.74 Å².